The molecule has 19 aromatic rings. The number of benzene rings is 15. The van der Waals surface area contributed by atoms with E-state index in [4.69, 9.17) is 9.97 Å². The van der Waals surface area contributed by atoms with Gasteiger partial charge in [0.2, 0.25) is 0 Å². The highest BCUT2D eigenvalue weighted by molar-refractivity contribution is 6.15. The number of fused-ring (bicyclic) bond motifs is 15. The lowest BCUT2D eigenvalue weighted by atomic mass is 9.82. The highest BCUT2D eigenvalue weighted by Crippen LogP contribution is 2.52. The maximum Gasteiger partial charge on any atom is 0.160 e. The molecule has 4 heterocycles. The van der Waals surface area contributed by atoms with Gasteiger partial charge in [0.15, 0.2) is 5.82 Å². The summed E-state index contributed by atoms with van der Waals surface area (Å²) >= 11 is 0. The predicted molar refractivity (Wildman–Crippen MR) is 438 cm³/mol. The highest BCUT2D eigenvalue weighted by atomic mass is 15.0. The van der Waals surface area contributed by atoms with Crippen molar-refractivity contribution in [2.45, 2.75) is 38.5 Å². The molecule has 5 nitrogen and oxygen atoms in total. The van der Waals surface area contributed by atoms with Crippen LogP contribution in [0.2, 0.25) is 0 Å². The second-order valence-corrected chi connectivity index (χ2v) is 29.7. The molecule has 0 bridgehead atoms. The van der Waals surface area contributed by atoms with Gasteiger partial charge in [0, 0.05) is 76.9 Å². The molecule has 0 aliphatic heterocycles. The summed E-state index contributed by atoms with van der Waals surface area (Å²) in [6, 6.07) is 128. The van der Waals surface area contributed by atoms with Gasteiger partial charge < -0.3 is 13.7 Å². The van der Waals surface area contributed by atoms with Crippen molar-refractivity contribution in [3.05, 3.63) is 368 Å². The first kappa shape index (κ1) is 60.5. The molecule has 0 fully saturated rings. The Morgan fingerprint density at radius 3 is 0.914 bits per heavy atom. The van der Waals surface area contributed by atoms with E-state index in [1.807, 2.05) is 0 Å². The van der Waals surface area contributed by atoms with Gasteiger partial charge in [0.05, 0.1) is 44.5 Å². The number of para-hydroxylation sites is 2. The van der Waals surface area contributed by atoms with Gasteiger partial charge in [-0.25, -0.2) is 9.97 Å². The third-order valence-electron chi connectivity index (χ3n) is 23.1. The Balaban J connectivity index is 0.700. The standard InChI is InChI=1S/C100H69N5/c1-99(2)86-27-15-11-23-76(86)78-49-47-74(59-88(78)99)104-92-29-17-13-25-80(92)82-55-69(41-51-94(82)104)71-43-53-96-84(57-71)85-58-72(70-42-52-95-83(56-70)81-26-14-18-30-93(81)105(95)75-48-50-79-77-24-12-16-28-87(77)100(3,4)89(79)60-75)44-54-97(85)103(96)73-45-39-68(40-46-73)98-101-90(66-35-31-64(32-36-66)62-19-7-5-8-20-62)61-91(102-98)67-37-33-65(34-38-67)63-21-9-6-10-22-63/h5-61H,1-4H3. The van der Waals surface area contributed by atoms with Gasteiger partial charge >= 0.3 is 0 Å². The highest BCUT2D eigenvalue weighted by Gasteiger charge is 2.37. The van der Waals surface area contributed by atoms with E-state index >= 15 is 0 Å². The lowest BCUT2D eigenvalue weighted by Crippen LogP contribution is -2.15. The van der Waals surface area contributed by atoms with E-state index in [2.05, 4.69) is 387 Å². The fraction of sp³-hybridized carbons (Fsp3) is 0.0600. The van der Waals surface area contributed by atoms with Gasteiger partial charge in [-0.15, -0.1) is 0 Å². The van der Waals surface area contributed by atoms with E-state index in [9.17, 15) is 0 Å². The quantitative estimate of drug-likeness (QED) is 0.137. The van der Waals surface area contributed by atoms with Crippen molar-refractivity contribution in [2.24, 2.45) is 0 Å². The molecule has 2 aliphatic rings. The van der Waals surface area contributed by atoms with E-state index in [1.54, 1.807) is 0 Å². The Labute approximate surface area is 609 Å². The van der Waals surface area contributed by atoms with Crippen molar-refractivity contribution in [3.63, 3.8) is 0 Å². The summed E-state index contributed by atoms with van der Waals surface area (Å²) < 4.78 is 7.38. The summed E-state index contributed by atoms with van der Waals surface area (Å²) in [6.07, 6.45) is 0. The van der Waals surface area contributed by atoms with Crippen molar-refractivity contribution in [3.8, 4) is 118 Å². The Bertz CT molecular complexity index is 6400. The van der Waals surface area contributed by atoms with Crippen LogP contribution < -0.4 is 0 Å². The molecule has 0 saturated heterocycles. The van der Waals surface area contributed by atoms with Gasteiger partial charge in [-0.05, 0) is 204 Å². The average Bonchev–Trinajstić information content (AvgIpc) is 1.58. The van der Waals surface area contributed by atoms with Crippen molar-refractivity contribution < 1.29 is 0 Å². The summed E-state index contributed by atoms with van der Waals surface area (Å²) in [6.45, 7) is 9.47. The lowest BCUT2D eigenvalue weighted by Gasteiger charge is -2.22. The Morgan fingerprint density at radius 2 is 0.495 bits per heavy atom. The molecule has 0 spiro atoms. The molecule has 4 aromatic heterocycles. The smallest absolute Gasteiger partial charge is 0.160 e. The van der Waals surface area contributed by atoms with E-state index in [-0.39, 0.29) is 10.8 Å². The third-order valence-corrected chi connectivity index (χ3v) is 23.1. The minimum absolute atomic E-state index is 0.119. The van der Waals surface area contributed by atoms with Crippen LogP contribution in [0, 0.1) is 0 Å². The second-order valence-electron chi connectivity index (χ2n) is 29.7. The Hall–Kier alpha value is -13.2. The van der Waals surface area contributed by atoms with Crippen LogP contribution in [0.5, 0.6) is 0 Å². The van der Waals surface area contributed by atoms with Crippen LogP contribution in [0.15, 0.2) is 346 Å². The van der Waals surface area contributed by atoms with Crippen LogP contribution in [0.4, 0.5) is 0 Å². The molecule has 0 saturated carbocycles. The maximum atomic E-state index is 5.37. The molecule has 105 heavy (non-hydrogen) atoms. The summed E-state index contributed by atoms with van der Waals surface area (Å²) in [5, 5.41) is 7.26. The van der Waals surface area contributed by atoms with Crippen LogP contribution in [-0.4, -0.2) is 23.7 Å². The first-order valence-electron chi connectivity index (χ1n) is 36.5. The van der Waals surface area contributed by atoms with Gasteiger partial charge in [0.1, 0.15) is 0 Å². The van der Waals surface area contributed by atoms with E-state index in [0.29, 0.717) is 5.82 Å². The molecule has 0 radical (unpaired) electrons. The fourth-order valence-corrected chi connectivity index (χ4v) is 17.7. The molecule has 0 N–H and O–H groups in total. The van der Waals surface area contributed by atoms with Crippen LogP contribution >= 0.6 is 0 Å². The van der Waals surface area contributed by atoms with E-state index in [0.717, 1.165) is 67.1 Å². The predicted octanol–water partition coefficient (Wildman–Crippen LogP) is 26.0. The topological polar surface area (TPSA) is 40.6 Å². The summed E-state index contributed by atoms with van der Waals surface area (Å²) in [7, 11) is 0. The summed E-state index contributed by atoms with van der Waals surface area (Å²) in [5.41, 5.74) is 35.0. The number of hydrogen-bond donors (Lipinski definition) is 0. The van der Waals surface area contributed by atoms with Gasteiger partial charge in [-0.2, -0.15) is 0 Å². The maximum absolute atomic E-state index is 5.37. The lowest BCUT2D eigenvalue weighted by molar-refractivity contribution is 0.660. The molecule has 5 heteroatoms. The molecule has 0 amide bonds. The van der Waals surface area contributed by atoms with Crippen molar-refractivity contribution in [1.29, 1.82) is 0 Å². The molecule has 494 valence electrons. The zero-order valence-corrected chi connectivity index (χ0v) is 58.6. The van der Waals surface area contributed by atoms with Crippen LogP contribution in [-0.2, 0) is 10.8 Å². The zero-order chi connectivity index (χ0) is 69.8. The molecular formula is C100H69N5. The number of hydrogen-bond acceptors (Lipinski definition) is 2. The summed E-state index contributed by atoms with van der Waals surface area (Å²) in [4.78, 5) is 10.7. The zero-order valence-electron chi connectivity index (χ0n) is 58.6. The number of nitrogens with zero attached hydrogens (tertiary/aromatic N) is 5. The van der Waals surface area contributed by atoms with Gasteiger partial charge in [0.25, 0.3) is 0 Å². The monoisotopic (exact) mass is 1340 g/mol. The summed E-state index contributed by atoms with van der Waals surface area (Å²) in [5.74, 6) is 0.661. The molecule has 0 unspecified atom stereocenters. The Kier molecular flexibility index (Phi) is 13.3. The third kappa shape index (κ3) is 9.48. The normalized spacial score (nSPS) is 13.3. The molecule has 2 aliphatic carbocycles. The van der Waals surface area contributed by atoms with Crippen molar-refractivity contribution in [1.82, 2.24) is 23.7 Å². The average molecular weight is 1340 g/mol. The second kappa shape index (κ2) is 23.2. The van der Waals surface area contributed by atoms with E-state index in [1.165, 1.54) is 133 Å². The van der Waals surface area contributed by atoms with Crippen LogP contribution in [0.3, 0.4) is 0 Å². The molecule has 0 atom stereocenters. The van der Waals surface area contributed by atoms with Crippen molar-refractivity contribution in [2.75, 3.05) is 0 Å². The minimum Gasteiger partial charge on any atom is -0.309 e. The number of aromatic nitrogens is 5. The van der Waals surface area contributed by atoms with Crippen LogP contribution in [0.1, 0.15) is 49.9 Å². The molecule has 15 aromatic carbocycles. The molecular weight excluding hydrogens is 1270 g/mol. The van der Waals surface area contributed by atoms with E-state index < -0.39 is 0 Å². The first-order valence-corrected chi connectivity index (χ1v) is 36.5. The molecule has 21 rings (SSSR count). The van der Waals surface area contributed by atoms with Gasteiger partial charge in [-0.3, -0.25) is 0 Å². The largest absolute Gasteiger partial charge is 0.309 e. The number of rotatable bonds is 10. The SMILES string of the molecule is CC1(C)c2ccccc2-c2ccc(-n3c4ccccc4c4cc(-c5ccc6c(c5)c5cc(-c7ccc8c(c7)c7ccccc7n8-c7ccc8c(c7)C(C)(C)c7ccccc7-8)ccc5n6-c5ccc(-c6nc(-c7ccc(-c8ccccc8)cc7)cc(-c7ccc(-c8ccccc8)cc7)n6)cc5)ccc43)cc21. The van der Waals surface area contributed by atoms with Crippen LogP contribution in [0.25, 0.3) is 183 Å². The van der Waals surface area contributed by atoms with Gasteiger partial charge in [-0.1, -0.05) is 258 Å². The Morgan fingerprint density at radius 1 is 0.200 bits per heavy atom. The van der Waals surface area contributed by atoms with Crippen molar-refractivity contribution >= 4 is 65.4 Å². The fourth-order valence-electron chi connectivity index (χ4n) is 17.7. The minimum atomic E-state index is -0.119. The first-order chi connectivity index (χ1) is 51.5.